The largest absolute Gasteiger partial charge is 0.495 e. The zero-order valence-electron chi connectivity index (χ0n) is 12.0. The molecule has 1 aromatic heterocycles. The summed E-state index contributed by atoms with van der Waals surface area (Å²) >= 11 is 1.22. The number of anilines is 2. The first-order chi connectivity index (χ1) is 9.99. The number of nitrogens with two attached hydrogens (primary N) is 1. The van der Waals surface area contributed by atoms with Crippen LogP contribution in [0.4, 0.5) is 11.6 Å². The lowest BCUT2D eigenvalue weighted by molar-refractivity contribution is -0.115. The van der Waals surface area contributed by atoms with Gasteiger partial charge >= 0.3 is 0 Å². The maximum atomic E-state index is 12.2. The van der Waals surface area contributed by atoms with E-state index in [1.165, 1.54) is 11.8 Å². The second-order valence-corrected chi connectivity index (χ2v) is 5.76. The van der Waals surface area contributed by atoms with E-state index in [2.05, 4.69) is 20.5 Å². The highest BCUT2D eigenvalue weighted by molar-refractivity contribution is 8.00. The third-order valence-electron chi connectivity index (χ3n) is 2.75. The monoisotopic (exact) mass is 307 g/mol. The van der Waals surface area contributed by atoms with Crippen molar-refractivity contribution in [2.75, 3.05) is 18.2 Å². The number of nitrogen functional groups attached to an aromatic ring is 1. The SMILES string of the molecule is COc1ccc(C)cc1NC(=O)C(C)Sc1n[nH]c(N)n1. The van der Waals surface area contributed by atoms with Crippen LogP contribution in [0.25, 0.3) is 0 Å². The summed E-state index contributed by atoms with van der Waals surface area (Å²) in [5.74, 6) is 0.686. The van der Waals surface area contributed by atoms with Crippen molar-refractivity contribution in [2.24, 2.45) is 0 Å². The van der Waals surface area contributed by atoms with Gasteiger partial charge in [-0.15, -0.1) is 5.10 Å². The quantitative estimate of drug-likeness (QED) is 0.728. The fraction of sp³-hybridized carbons (Fsp3) is 0.308. The molecule has 0 spiro atoms. The van der Waals surface area contributed by atoms with E-state index in [9.17, 15) is 4.79 Å². The van der Waals surface area contributed by atoms with Crippen LogP contribution >= 0.6 is 11.8 Å². The normalized spacial score (nSPS) is 12.0. The van der Waals surface area contributed by atoms with E-state index in [0.717, 1.165) is 5.56 Å². The molecule has 1 heterocycles. The summed E-state index contributed by atoms with van der Waals surface area (Å²) in [4.78, 5) is 16.2. The number of aromatic nitrogens is 3. The summed E-state index contributed by atoms with van der Waals surface area (Å²) in [5, 5.41) is 9.34. The number of thioether (sulfide) groups is 1. The molecule has 2 aromatic rings. The van der Waals surface area contributed by atoms with Crippen LogP contribution in [-0.4, -0.2) is 33.4 Å². The first-order valence-electron chi connectivity index (χ1n) is 6.29. The minimum absolute atomic E-state index is 0.160. The number of carbonyl (C=O) groups is 1. The molecule has 112 valence electrons. The van der Waals surface area contributed by atoms with Gasteiger partial charge in [-0.1, -0.05) is 17.8 Å². The summed E-state index contributed by atoms with van der Waals surface area (Å²) < 4.78 is 5.23. The van der Waals surface area contributed by atoms with E-state index in [1.807, 2.05) is 25.1 Å². The highest BCUT2D eigenvalue weighted by atomic mass is 32.2. The number of rotatable bonds is 5. The van der Waals surface area contributed by atoms with Crippen LogP contribution in [0.1, 0.15) is 12.5 Å². The van der Waals surface area contributed by atoms with Crippen LogP contribution in [0.5, 0.6) is 5.75 Å². The van der Waals surface area contributed by atoms with Crippen molar-refractivity contribution >= 4 is 29.3 Å². The number of ether oxygens (including phenoxy) is 1. The highest BCUT2D eigenvalue weighted by Crippen LogP contribution is 2.27. The topological polar surface area (TPSA) is 106 Å². The van der Waals surface area contributed by atoms with E-state index < -0.39 is 0 Å². The van der Waals surface area contributed by atoms with Gasteiger partial charge in [0.15, 0.2) is 0 Å². The van der Waals surface area contributed by atoms with Gasteiger partial charge in [0.2, 0.25) is 17.0 Å². The molecule has 8 heteroatoms. The number of amides is 1. The van der Waals surface area contributed by atoms with Crippen molar-refractivity contribution in [3.05, 3.63) is 23.8 Å². The molecule has 4 N–H and O–H groups in total. The minimum atomic E-state index is -0.370. The molecule has 0 radical (unpaired) electrons. The molecule has 1 amide bonds. The molecule has 0 saturated carbocycles. The maximum Gasteiger partial charge on any atom is 0.237 e. The van der Waals surface area contributed by atoms with Gasteiger partial charge in [0.05, 0.1) is 18.0 Å². The first-order valence-corrected chi connectivity index (χ1v) is 7.17. The summed E-state index contributed by atoms with van der Waals surface area (Å²) in [7, 11) is 1.56. The average molecular weight is 307 g/mol. The van der Waals surface area contributed by atoms with Gasteiger partial charge in [-0.3, -0.25) is 4.79 Å². The van der Waals surface area contributed by atoms with Crippen LogP contribution < -0.4 is 15.8 Å². The van der Waals surface area contributed by atoms with Crippen LogP contribution in [-0.2, 0) is 4.79 Å². The zero-order valence-corrected chi connectivity index (χ0v) is 12.8. The Balaban J connectivity index is 2.05. The number of aromatic amines is 1. The summed E-state index contributed by atoms with van der Waals surface area (Å²) in [6.07, 6.45) is 0. The number of H-pyrrole nitrogens is 1. The number of nitrogens with one attached hydrogen (secondary N) is 2. The van der Waals surface area contributed by atoms with Gasteiger partial charge in [-0.25, -0.2) is 5.10 Å². The number of nitrogens with zero attached hydrogens (tertiary/aromatic N) is 2. The average Bonchev–Trinajstić information content (AvgIpc) is 2.84. The van der Waals surface area contributed by atoms with Gasteiger partial charge in [0.1, 0.15) is 5.75 Å². The first kappa shape index (κ1) is 15.2. The number of hydrogen-bond donors (Lipinski definition) is 3. The lowest BCUT2D eigenvalue weighted by Crippen LogP contribution is -2.22. The van der Waals surface area contributed by atoms with Gasteiger partial charge < -0.3 is 15.8 Å². The van der Waals surface area contributed by atoms with E-state index in [-0.39, 0.29) is 17.1 Å². The van der Waals surface area contributed by atoms with Crippen LogP contribution in [0.3, 0.4) is 0 Å². The van der Waals surface area contributed by atoms with Crippen LogP contribution in [0.2, 0.25) is 0 Å². The van der Waals surface area contributed by atoms with Gasteiger partial charge in [0, 0.05) is 0 Å². The molecule has 0 bridgehead atoms. The van der Waals surface area contributed by atoms with Gasteiger partial charge in [0.25, 0.3) is 0 Å². The molecule has 0 aliphatic carbocycles. The third kappa shape index (κ3) is 3.88. The van der Waals surface area contributed by atoms with Crippen molar-refractivity contribution in [3.63, 3.8) is 0 Å². The number of carbonyl (C=O) groups excluding carboxylic acids is 1. The summed E-state index contributed by atoms with van der Waals surface area (Å²) in [5.41, 5.74) is 7.13. The molecule has 1 unspecified atom stereocenters. The zero-order chi connectivity index (χ0) is 15.4. The second-order valence-electron chi connectivity index (χ2n) is 4.46. The second kappa shape index (κ2) is 6.49. The molecule has 1 atom stereocenters. The highest BCUT2D eigenvalue weighted by Gasteiger charge is 2.18. The Hall–Kier alpha value is -2.22. The molecule has 0 fully saturated rings. The minimum Gasteiger partial charge on any atom is -0.495 e. The molecule has 21 heavy (non-hydrogen) atoms. The van der Waals surface area contributed by atoms with Crippen molar-refractivity contribution in [1.29, 1.82) is 0 Å². The predicted octanol–water partition coefficient (Wildman–Crippen LogP) is 1.82. The smallest absolute Gasteiger partial charge is 0.237 e. The Morgan fingerprint density at radius 3 is 2.90 bits per heavy atom. The van der Waals surface area contributed by atoms with E-state index in [4.69, 9.17) is 10.5 Å². The Morgan fingerprint density at radius 1 is 1.52 bits per heavy atom. The fourth-order valence-electron chi connectivity index (χ4n) is 1.68. The Labute approximate surface area is 126 Å². The lowest BCUT2D eigenvalue weighted by Gasteiger charge is -2.13. The number of aryl methyl sites for hydroxylation is 1. The van der Waals surface area contributed by atoms with Crippen molar-refractivity contribution in [2.45, 2.75) is 24.3 Å². The third-order valence-corrected chi connectivity index (χ3v) is 3.71. The number of benzene rings is 1. The number of hydrogen-bond acceptors (Lipinski definition) is 6. The van der Waals surface area contributed by atoms with E-state index >= 15 is 0 Å². The molecule has 1 aromatic carbocycles. The Morgan fingerprint density at radius 2 is 2.29 bits per heavy atom. The summed E-state index contributed by atoms with van der Waals surface area (Å²) in [6.45, 7) is 3.72. The fourth-order valence-corrected chi connectivity index (χ4v) is 2.41. The predicted molar refractivity (Wildman–Crippen MR) is 82.5 cm³/mol. The van der Waals surface area contributed by atoms with Crippen molar-refractivity contribution in [1.82, 2.24) is 15.2 Å². The van der Waals surface area contributed by atoms with Crippen LogP contribution in [0, 0.1) is 6.92 Å². The molecular weight excluding hydrogens is 290 g/mol. The maximum absolute atomic E-state index is 12.2. The standard InChI is InChI=1S/C13H17N5O2S/c1-7-4-5-10(20-3)9(6-7)15-11(19)8(2)21-13-16-12(14)17-18-13/h4-6,8H,1-3H3,(H,15,19)(H3,14,16,17,18). The van der Waals surface area contributed by atoms with E-state index in [0.29, 0.717) is 16.6 Å². The summed E-state index contributed by atoms with van der Waals surface area (Å²) in [6, 6.07) is 5.60. The molecule has 7 nitrogen and oxygen atoms in total. The van der Waals surface area contributed by atoms with Gasteiger partial charge in [-0.2, -0.15) is 4.98 Å². The molecule has 0 saturated heterocycles. The molecular formula is C13H17N5O2S. The number of methoxy groups -OCH3 is 1. The van der Waals surface area contributed by atoms with E-state index in [1.54, 1.807) is 14.0 Å². The molecule has 0 aliphatic rings. The lowest BCUT2D eigenvalue weighted by atomic mass is 10.2. The molecule has 0 aliphatic heterocycles. The Bertz CT molecular complexity index is 643. The van der Waals surface area contributed by atoms with Crippen molar-refractivity contribution < 1.29 is 9.53 Å². The van der Waals surface area contributed by atoms with Gasteiger partial charge in [-0.05, 0) is 31.5 Å². The van der Waals surface area contributed by atoms with Crippen molar-refractivity contribution in [3.8, 4) is 5.75 Å². The Kier molecular flexibility index (Phi) is 4.69. The van der Waals surface area contributed by atoms with Crippen LogP contribution in [0.15, 0.2) is 23.4 Å². The molecule has 2 rings (SSSR count).